The molecule has 2 saturated heterocycles. The molecule has 0 atom stereocenters. The Hall–Kier alpha value is -2.00. The average Bonchev–Trinajstić information content (AvgIpc) is 2.63. The van der Waals surface area contributed by atoms with Crippen molar-refractivity contribution in [1.82, 2.24) is 14.7 Å². The molecule has 2 heterocycles. The summed E-state index contributed by atoms with van der Waals surface area (Å²) < 4.78 is 40.0. The molecule has 0 aliphatic carbocycles. The van der Waals surface area contributed by atoms with Crippen LogP contribution in [0.15, 0.2) is 18.2 Å². The second-order valence-electron chi connectivity index (χ2n) is 7.22. The number of hydrogen-bond acceptors (Lipinski definition) is 5. The van der Waals surface area contributed by atoms with E-state index in [0.29, 0.717) is 32.7 Å². The summed E-state index contributed by atoms with van der Waals surface area (Å²) >= 11 is 0. The molecular weight excluding hydrogens is 359 g/mol. The van der Waals surface area contributed by atoms with E-state index in [9.17, 15) is 18.0 Å². The van der Waals surface area contributed by atoms with Gasteiger partial charge < -0.3 is 20.4 Å². The van der Waals surface area contributed by atoms with Gasteiger partial charge in [-0.15, -0.1) is 0 Å². The van der Waals surface area contributed by atoms with Crippen LogP contribution in [-0.4, -0.2) is 86.6 Å². The molecule has 1 aromatic carbocycles. The highest BCUT2D eigenvalue weighted by Gasteiger charge is 2.36. The summed E-state index contributed by atoms with van der Waals surface area (Å²) in [6.45, 7) is 5.59. The third-order valence-electron chi connectivity index (χ3n) is 5.25. The Balaban J connectivity index is 1.58. The van der Waals surface area contributed by atoms with Crippen LogP contribution >= 0.6 is 0 Å². The minimum absolute atomic E-state index is 0.0487. The zero-order valence-electron chi connectivity index (χ0n) is 15.5. The summed E-state index contributed by atoms with van der Waals surface area (Å²) in [4.78, 5) is 20.3. The summed E-state index contributed by atoms with van der Waals surface area (Å²) in [6, 6.07) is 3.87. The van der Waals surface area contributed by atoms with Crippen LogP contribution in [0.1, 0.15) is 5.56 Å². The van der Waals surface area contributed by atoms with Crippen molar-refractivity contribution in [2.45, 2.75) is 6.18 Å². The minimum Gasteiger partial charge on any atom is -0.399 e. The Morgan fingerprint density at radius 1 is 1.04 bits per heavy atom. The number of benzene rings is 1. The van der Waals surface area contributed by atoms with Gasteiger partial charge in [0, 0.05) is 63.7 Å². The molecule has 27 heavy (non-hydrogen) atoms. The number of rotatable bonds is 3. The van der Waals surface area contributed by atoms with Crippen LogP contribution in [0.5, 0.6) is 0 Å². The number of nitrogen functional groups attached to an aromatic ring is 1. The number of halogens is 3. The summed E-state index contributed by atoms with van der Waals surface area (Å²) in [5.41, 5.74) is 5.03. The van der Waals surface area contributed by atoms with Crippen molar-refractivity contribution >= 4 is 17.3 Å². The van der Waals surface area contributed by atoms with Crippen LogP contribution in [0.4, 0.5) is 24.5 Å². The van der Waals surface area contributed by atoms with E-state index in [1.54, 1.807) is 9.80 Å². The minimum atomic E-state index is -4.46. The highest BCUT2D eigenvalue weighted by molar-refractivity contribution is 5.78. The van der Waals surface area contributed by atoms with Crippen LogP contribution in [-0.2, 0) is 11.0 Å². The molecule has 150 valence electrons. The van der Waals surface area contributed by atoms with Gasteiger partial charge in [0.1, 0.15) is 0 Å². The maximum absolute atomic E-state index is 13.3. The van der Waals surface area contributed by atoms with Gasteiger partial charge in [-0.1, -0.05) is 0 Å². The fourth-order valence-corrected chi connectivity index (χ4v) is 3.55. The van der Waals surface area contributed by atoms with Gasteiger partial charge in [-0.25, -0.2) is 0 Å². The number of hydrogen-bond donors (Lipinski definition) is 1. The molecule has 2 aliphatic rings. The van der Waals surface area contributed by atoms with E-state index in [4.69, 9.17) is 5.73 Å². The number of likely N-dealkylation sites (N-methyl/N-ethyl adjacent to an activating group) is 1. The average molecular weight is 385 g/mol. The van der Waals surface area contributed by atoms with Gasteiger partial charge in [0.15, 0.2) is 0 Å². The highest BCUT2D eigenvalue weighted by atomic mass is 19.4. The van der Waals surface area contributed by atoms with Crippen LogP contribution in [0.2, 0.25) is 0 Å². The zero-order chi connectivity index (χ0) is 19.6. The van der Waals surface area contributed by atoms with E-state index in [0.717, 1.165) is 32.2 Å². The van der Waals surface area contributed by atoms with Crippen molar-refractivity contribution in [3.8, 4) is 0 Å². The fraction of sp³-hybridized carbons (Fsp3) is 0.611. The predicted molar refractivity (Wildman–Crippen MR) is 98.6 cm³/mol. The number of nitrogens with two attached hydrogens (primary N) is 1. The lowest BCUT2D eigenvalue weighted by molar-refractivity contribution is -0.137. The van der Waals surface area contributed by atoms with E-state index < -0.39 is 11.7 Å². The molecule has 2 N–H and O–H groups in total. The predicted octanol–water partition coefficient (Wildman–Crippen LogP) is 1.18. The monoisotopic (exact) mass is 385 g/mol. The number of piperazine rings is 2. The molecule has 0 saturated carbocycles. The Kier molecular flexibility index (Phi) is 5.81. The first-order valence-corrected chi connectivity index (χ1v) is 9.14. The first-order valence-electron chi connectivity index (χ1n) is 9.14. The van der Waals surface area contributed by atoms with Crippen molar-refractivity contribution in [2.24, 2.45) is 0 Å². The van der Waals surface area contributed by atoms with Crippen LogP contribution in [0, 0.1) is 0 Å². The Bertz CT molecular complexity index is 665. The van der Waals surface area contributed by atoms with Crippen molar-refractivity contribution in [1.29, 1.82) is 0 Å². The third-order valence-corrected chi connectivity index (χ3v) is 5.25. The molecule has 6 nitrogen and oxygen atoms in total. The molecule has 0 radical (unpaired) electrons. The van der Waals surface area contributed by atoms with Gasteiger partial charge in [-0.3, -0.25) is 9.69 Å². The van der Waals surface area contributed by atoms with Gasteiger partial charge in [-0.05, 0) is 25.2 Å². The lowest BCUT2D eigenvalue weighted by Gasteiger charge is -2.38. The molecule has 0 aromatic heterocycles. The standard InChI is InChI=1S/C18H26F3N5O/c1-23-4-6-24(7-5-23)13-17(27)26-10-8-25(9-11-26)16-3-2-14(22)12-15(16)18(19,20)21/h2-3,12H,4-11,13,22H2,1H3. The van der Waals surface area contributed by atoms with Gasteiger partial charge >= 0.3 is 6.18 Å². The highest BCUT2D eigenvalue weighted by Crippen LogP contribution is 2.38. The van der Waals surface area contributed by atoms with E-state index in [-0.39, 0.29) is 17.3 Å². The SMILES string of the molecule is CN1CCN(CC(=O)N2CCN(c3ccc(N)cc3C(F)(F)F)CC2)CC1. The largest absolute Gasteiger partial charge is 0.418 e. The van der Waals surface area contributed by atoms with E-state index in [1.807, 2.05) is 0 Å². The smallest absolute Gasteiger partial charge is 0.399 e. The maximum Gasteiger partial charge on any atom is 0.418 e. The number of amides is 1. The van der Waals surface area contributed by atoms with Crippen LogP contribution in [0.3, 0.4) is 0 Å². The molecule has 0 unspecified atom stereocenters. The number of anilines is 2. The molecule has 3 rings (SSSR count). The first kappa shape index (κ1) is 19.8. The van der Waals surface area contributed by atoms with Crippen LogP contribution < -0.4 is 10.6 Å². The summed E-state index contributed by atoms with van der Waals surface area (Å²) in [5, 5.41) is 0. The Morgan fingerprint density at radius 2 is 1.67 bits per heavy atom. The van der Waals surface area contributed by atoms with Crippen molar-refractivity contribution in [2.75, 3.05) is 76.6 Å². The molecular formula is C18H26F3N5O. The van der Waals surface area contributed by atoms with Crippen molar-refractivity contribution in [3.05, 3.63) is 23.8 Å². The Morgan fingerprint density at radius 3 is 2.26 bits per heavy atom. The van der Waals surface area contributed by atoms with E-state index >= 15 is 0 Å². The van der Waals surface area contributed by atoms with E-state index in [2.05, 4.69) is 16.8 Å². The van der Waals surface area contributed by atoms with Crippen molar-refractivity contribution < 1.29 is 18.0 Å². The second kappa shape index (κ2) is 7.93. The van der Waals surface area contributed by atoms with Gasteiger partial charge in [-0.2, -0.15) is 13.2 Å². The first-order chi connectivity index (χ1) is 12.7. The third kappa shape index (κ3) is 4.84. The number of carbonyl (C=O) groups is 1. The van der Waals surface area contributed by atoms with Gasteiger partial charge in [0.25, 0.3) is 0 Å². The summed E-state index contributed by atoms with van der Waals surface area (Å²) in [7, 11) is 2.06. The normalized spacial score (nSPS) is 20.1. The van der Waals surface area contributed by atoms with Gasteiger partial charge in [0.2, 0.25) is 5.91 Å². The number of carbonyl (C=O) groups excluding carboxylic acids is 1. The molecule has 1 amide bonds. The van der Waals surface area contributed by atoms with Crippen molar-refractivity contribution in [3.63, 3.8) is 0 Å². The van der Waals surface area contributed by atoms with Crippen LogP contribution in [0.25, 0.3) is 0 Å². The molecule has 9 heteroatoms. The number of nitrogens with zero attached hydrogens (tertiary/aromatic N) is 4. The summed E-state index contributed by atoms with van der Waals surface area (Å²) in [5.74, 6) is 0.0487. The second-order valence-corrected chi connectivity index (χ2v) is 7.22. The maximum atomic E-state index is 13.3. The molecule has 1 aromatic rings. The quantitative estimate of drug-likeness (QED) is 0.792. The Labute approximate surface area is 157 Å². The zero-order valence-corrected chi connectivity index (χ0v) is 15.5. The molecule has 2 fully saturated rings. The fourth-order valence-electron chi connectivity index (χ4n) is 3.55. The molecule has 0 bridgehead atoms. The molecule has 0 spiro atoms. The summed E-state index contributed by atoms with van der Waals surface area (Å²) in [6.07, 6.45) is -4.46. The topological polar surface area (TPSA) is 56.0 Å². The lowest BCUT2D eigenvalue weighted by atomic mass is 10.1. The van der Waals surface area contributed by atoms with Gasteiger partial charge in [0.05, 0.1) is 12.1 Å². The van der Waals surface area contributed by atoms with E-state index in [1.165, 1.54) is 12.1 Å². The number of alkyl halides is 3. The molecule has 2 aliphatic heterocycles. The lowest BCUT2D eigenvalue weighted by Crippen LogP contribution is -2.53.